The van der Waals surface area contributed by atoms with Gasteiger partial charge in [-0.15, -0.1) is 0 Å². The second-order valence-corrected chi connectivity index (χ2v) is 6.77. The maximum absolute atomic E-state index is 5.52. The summed E-state index contributed by atoms with van der Waals surface area (Å²) >= 11 is 7.45. The van der Waals surface area contributed by atoms with Gasteiger partial charge in [0.15, 0.2) is 0 Å². The summed E-state index contributed by atoms with van der Waals surface area (Å²) in [6.45, 7) is 8.82. The Labute approximate surface area is 104 Å². The van der Waals surface area contributed by atoms with E-state index in [0.717, 1.165) is 17.4 Å². The van der Waals surface area contributed by atoms with Crippen LogP contribution in [0.2, 0.25) is 0 Å². The Morgan fingerprint density at radius 1 is 1.20 bits per heavy atom. The summed E-state index contributed by atoms with van der Waals surface area (Å²) < 4.78 is 1.52. The fourth-order valence-corrected chi connectivity index (χ4v) is 4.32. The molecule has 0 atom stereocenters. The largest absolute Gasteiger partial charge is 0.358 e. The smallest absolute Gasteiger partial charge is 0.136 e. The van der Waals surface area contributed by atoms with Gasteiger partial charge in [-0.05, 0) is 33.6 Å². The second-order valence-electron chi connectivity index (χ2n) is 4.55. The average molecular weight is 245 g/mol. The van der Waals surface area contributed by atoms with E-state index in [0.29, 0.717) is 4.75 Å². The van der Waals surface area contributed by atoms with Crippen LogP contribution < -0.4 is 0 Å². The Morgan fingerprint density at radius 3 is 2.20 bits per heavy atom. The van der Waals surface area contributed by atoms with Crippen molar-refractivity contribution in [3.05, 3.63) is 0 Å². The summed E-state index contributed by atoms with van der Waals surface area (Å²) in [7, 11) is 0. The van der Waals surface area contributed by atoms with E-state index >= 15 is 0 Å². The quantitative estimate of drug-likeness (QED) is 0.690. The van der Waals surface area contributed by atoms with E-state index < -0.39 is 0 Å². The van der Waals surface area contributed by atoms with E-state index in [4.69, 9.17) is 12.2 Å². The SMILES string of the molecule is CCN(CC)C(=S)SC1(C)CCCCC1. The molecule has 1 rings (SSSR count). The number of hydrogen-bond acceptors (Lipinski definition) is 2. The summed E-state index contributed by atoms with van der Waals surface area (Å²) in [5.74, 6) is 0. The molecule has 1 saturated carbocycles. The fourth-order valence-electron chi connectivity index (χ4n) is 2.16. The van der Waals surface area contributed by atoms with Gasteiger partial charge in [0.25, 0.3) is 0 Å². The first-order chi connectivity index (χ1) is 7.11. The van der Waals surface area contributed by atoms with E-state index in [1.807, 2.05) is 11.8 Å². The Morgan fingerprint density at radius 2 is 1.73 bits per heavy atom. The molecule has 0 amide bonds. The molecule has 1 aliphatic carbocycles. The zero-order chi connectivity index (χ0) is 11.3. The van der Waals surface area contributed by atoms with Crippen LogP contribution in [-0.2, 0) is 0 Å². The minimum absolute atomic E-state index is 0.415. The third kappa shape index (κ3) is 3.95. The number of thiocarbonyl (C=S) groups is 1. The molecule has 1 fully saturated rings. The molecule has 3 heteroatoms. The summed E-state index contributed by atoms with van der Waals surface area (Å²) in [6.07, 6.45) is 6.83. The van der Waals surface area contributed by atoms with Crippen molar-refractivity contribution in [3.8, 4) is 0 Å². The maximum Gasteiger partial charge on any atom is 0.136 e. The molecule has 0 aromatic carbocycles. The first kappa shape index (κ1) is 13.3. The molecule has 15 heavy (non-hydrogen) atoms. The molecule has 0 saturated heterocycles. The van der Waals surface area contributed by atoms with Crippen LogP contribution in [0.4, 0.5) is 0 Å². The summed E-state index contributed by atoms with van der Waals surface area (Å²) in [6, 6.07) is 0. The minimum atomic E-state index is 0.415. The first-order valence-electron chi connectivity index (χ1n) is 6.09. The Bertz CT molecular complexity index is 206. The Hall–Kier alpha value is 0.240. The third-order valence-electron chi connectivity index (χ3n) is 3.27. The minimum Gasteiger partial charge on any atom is -0.358 e. The van der Waals surface area contributed by atoms with Gasteiger partial charge in [0.2, 0.25) is 0 Å². The molecule has 0 unspecified atom stereocenters. The van der Waals surface area contributed by atoms with E-state index in [-0.39, 0.29) is 0 Å². The van der Waals surface area contributed by atoms with Gasteiger partial charge < -0.3 is 4.90 Å². The number of hydrogen-bond donors (Lipinski definition) is 0. The molecule has 0 aliphatic heterocycles. The highest BCUT2D eigenvalue weighted by molar-refractivity contribution is 8.23. The molecule has 88 valence electrons. The molecule has 1 nitrogen and oxygen atoms in total. The van der Waals surface area contributed by atoms with Crippen molar-refractivity contribution in [1.82, 2.24) is 4.90 Å². The van der Waals surface area contributed by atoms with Crippen molar-refractivity contribution < 1.29 is 0 Å². The van der Waals surface area contributed by atoms with Crippen LogP contribution in [0, 0.1) is 0 Å². The van der Waals surface area contributed by atoms with Crippen molar-refractivity contribution in [2.75, 3.05) is 13.1 Å². The predicted octanol–water partition coefficient (Wildman–Crippen LogP) is 4.07. The van der Waals surface area contributed by atoms with Crippen molar-refractivity contribution in [2.24, 2.45) is 0 Å². The van der Waals surface area contributed by atoms with Gasteiger partial charge in [0.05, 0.1) is 0 Å². The van der Waals surface area contributed by atoms with Gasteiger partial charge in [-0.3, -0.25) is 0 Å². The third-order valence-corrected chi connectivity index (χ3v) is 5.11. The van der Waals surface area contributed by atoms with Gasteiger partial charge in [-0.2, -0.15) is 0 Å². The van der Waals surface area contributed by atoms with Gasteiger partial charge in [0, 0.05) is 17.8 Å². The highest BCUT2D eigenvalue weighted by Gasteiger charge is 2.29. The molecule has 1 aliphatic rings. The van der Waals surface area contributed by atoms with Gasteiger partial charge in [0.1, 0.15) is 4.32 Å². The monoisotopic (exact) mass is 245 g/mol. The second kappa shape index (κ2) is 6.09. The summed E-state index contributed by atoms with van der Waals surface area (Å²) in [4.78, 5) is 2.29. The molecule has 0 aromatic heterocycles. The van der Waals surface area contributed by atoms with Crippen LogP contribution in [0.5, 0.6) is 0 Å². The van der Waals surface area contributed by atoms with Crippen molar-refractivity contribution >= 4 is 28.3 Å². The molecule has 0 bridgehead atoms. The van der Waals surface area contributed by atoms with E-state index in [9.17, 15) is 0 Å². The average Bonchev–Trinajstić information content (AvgIpc) is 2.19. The highest BCUT2D eigenvalue weighted by Crippen LogP contribution is 2.40. The molecule has 0 spiro atoms. The molecule has 0 radical (unpaired) electrons. The lowest BCUT2D eigenvalue weighted by Crippen LogP contribution is -2.33. The maximum atomic E-state index is 5.52. The van der Waals surface area contributed by atoms with Crippen LogP contribution in [0.1, 0.15) is 52.9 Å². The predicted molar refractivity (Wildman–Crippen MR) is 74.6 cm³/mol. The van der Waals surface area contributed by atoms with Crippen LogP contribution >= 0.6 is 24.0 Å². The molecular weight excluding hydrogens is 222 g/mol. The zero-order valence-electron chi connectivity index (χ0n) is 10.2. The lowest BCUT2D eigenvalue weighted by molar-refractivity contribution is 0.421. The van der Waals surface area contributed by atoms with E-state index in [2.05, 4.69) is 25.7 Å². The van der Waals surface area contributed by atoms with Gasteiger partial charge >= 0.3 is 0 Å². The number of nitrogens with zero attached hydrogens (tertiary/aromatic N) is 1. The summed E-state index contributed by atoms with van der Waals surface area (Å²) in [5, 5.41) is 0. The normalized spacial score (nSPS) is 19.9. The lowest BCUT2D eigenvalue weighted by atomic mass is 9.90. The molecule has 0 aromatic rings. The van der Waals surface area contributed by atoms with Crippen molar-refractivity contribution in [2.45, 2.75) is 57.6 Å². The van der Waals surface area contributed by atoms with Crippen molar-refractivity contribution in [3.63, 3.8) is 0 Å². The van der Waals surface area contributed by atoms with E-state index in [1.54, 1.807) is 0 Å². The van der Waals surface area contributed by atoms with Gasteiger partial charge in [-0.25, -0.2) is 0 Å². The van der Waals surface area contributed by atoms with E-state index in [1.165, 1.54) is 32.1 Å². The first-order valence-corrected chi connectivity index (χ1v) is 7.31. The van der Waals surface area contributed by atoms with Crippen LogP contribution in [-0.4, -0.2) is 27.1 Å². The molecule has 0 N–H and O–H groups in total. The number of rotatable bonds is 3. The van der Waals surface area contributed by atoms with Crippen LogP contribution in [0.25, 0.3) is 0 Å². The lowest BCUT2D eigenvalue weighted by Gasteiger charge is -2.35. The van der Waals surface area contributed by atoms with Crippen LogP contribution in [0.3, 0.4) is 0 Å². The Kier molecular flexibility index (Phi) is 5.41. The Balaban J connectivity index is 2.48. The number of thioether (sulfide) groups is 1. The summed E-state index contributed by atoms with van der Waals surface area (Å²) in [5.41, 5.74) is 0. The zero-order valence-corrected chi connectivity index (χ0v) is 11.8. The fraction of sp³-hybridized carbons (Fsp3) is 0.917. The van der Waals surface area contributed by atoms with Crippen molar-refractivity contribution in [1.29, 1.82) is 0 Å². The molecule has 0 heterocycles. The standard InChI is InChI=1S/C12H23NS2/c1-4-13(5-2)11(14)15-12(3)9-7-6-8-10-12/h4-10H2,1-3H3. The highest BCUT2D eigenvalue weighted by atomic mass is 32.2. The van der Waals surface area contributed by atoms with Crippen LogP contribution in [0.15, 0.2) is 0 Å². The molecular formula is C12H23NS2. The van der Waals surface area contributed by atoms with Gasteiger partial charge in [-0.1, -0.05) is 43.2 Å². The topological polar surface area (TPSA) is 3.24 Å².